The molecule has 0 bridgehead atoms. The quantitative estimate of drug-likeness (QED) is 0.850. The molecule has 1 N–H and O–H groups in total. The van der Waals surface area contributed by atoms with Crippen LogP contribution in [0.1, 0.15) is 25.5 Å². The molecule has 2 fully saturated rings. The third-order valence-electron chi connectivity index (χ3n) is 5.15. The Morgan fingerprint density at radius 3 is 2.87 bits per heavy atom. The highest BCUT2D eigenvalue weighted by Gasteiger charge is 2.51. The van der Waals surface area contributed by atoms with Crippen molar-refractivity contribution < 1.29 is 9.59 Å². The Labute approximate surface area is 136 Å². The highest BCUT2D eigenvalue weighted by Crippen LogP contribution is 2.31. The molecular weight excluding hydrogens is 292 g/mol. The smallest absolute Gasteiger partial charge is 0.323 e. The summed E-state index contributed by atoms with van der Waals surface area (Å²) in [5, 5.41) is 2.89. The molecule has 3 rings (SSSR count). The highest BCUT2D eigenvalue weighted by molar-refractivity contribution is 6.06. The molecule has 3 heterocycles. The number of likely N-dealkylation sites (tertiary alicyclic amines) is 1. The summed E-state index contributed by atoms with van der Waals surface area (Å²) in [5.74, 6) is 0.0421. The fraction of sp³-hybridized carbons (Fsp3) is 0.588. The van der Waals surface area contributed by atoms with Gasteiger partial charge in [0.05, 0.1) is 0 Å². The summed E-state index contributed by atoms with van der Waals surface area (Å²) < 4.78 is 0. The molecule has 2 saturated heterocycles. The fourth-order valence-corrected chi connectivity index (χ4v) is 3.63. The lowest BCUT2D eigenvalue weighted by molar-refractivity contribution is -0.132. The summed E-state index contributed by atoms with van der Waals surface area (Å²) in [6.07, 6.45) is 4.74. The van der Waals surface area contributed by atoms with Crippen LogP contribution in [0.3, 0.4) is 0 Å². The molecule has 1 aromatic heterocycles. The van der Waals surface area contributed by atoms with E-state index in [1.165, 1.54) is 4.90 Å². The van der Waals surface area contributed by atoms with Crippen LogP contribution in [0.5, 0.6) is 0 Å². The van der Waals surface area contributed by atoms with Crippen LogP contribution in [-0.4, -0.2) is 58.9 Å². The summed E-state index contributed by atoms with van der Waals surface area (Å²) in [5.41, 5.74) is 0.320. The van der Waals surface area contributed by atoms with Gasteiger partial charge in [-0.05, 0) is 38.4 Å². The van der Waals surface area contributed by atoms with Crippen LogP contribution in [0.4, 0.5) is 4.79 Å². The molecule has 0 aromatic carbocycles. The molecule has 0 saturated carbocycles. The number of nitrogens with one attached hydrogen (secondary N) is 1. The highest BCUT2D eigenvalue weighted by atomic mass is 16.2. The van der Waals surface area contributed by atoms with Crippen LogP contribution < -0.4 is 5.32 Å². The molecule has 2 aliphatic rings. The predicted molar refractivity (Wildman–Crippen MR) is 86.8 cm³/mol. The number of piperidine rings is 1. The fourth-order valence-electron chi connectivity index (χ4n) is 3.63. The zero-order valence-corrected chi connectivity index (χ0v) is 13.8. The molecule has 3 amide bonds. The summed E-state index contributed by atoms with van der Waals surface area (Å²) in [6.45, 7) is 4.67. The number of carbonyl (C=O) groups excluding carboxylic acids is 2. The minimum atomic E-state index is -0.768. The number of urea groups is 1. The van der Waals surface area contributed by atoms with Gasteiger partial charge in [-0.1, -0.05) is 6.07 Å². The Kier molecular flexibility index (Phi) is 4.35. The van der Waals surface area contributed by atoms with E-state index in [9.17, 15) is 9.59 Å². The van der Waals surface area contributed by atoms with Crippen LogP contribution in [0.15, 0.2) is 24.4 Å². The van der Waals surface area contributed by atoms with Gasteiger partial charge < -0.3 is 10.2 Å². The van der Waals surface area contributed by atoms with E-state index in [-0.39, 0.29) is 17.9 Å². The van der Waals surface area contributed by atoms with Crippen molar-refractivity contribution in [3.8, 4) is 0 Å². The molecule has 6 heteroatoms. The third kappa shape index (κ3) is 3.08. The summed E-state index contributed by atoms with van der Waals surface area (Å²) >= 11 is 0. The number of pyridine rings is 1. The zero-order valence-electron chi connectivity index (χ0n) is 13.8. The minimum absolute atomic E-state index is 0.112. The lowest BCUT2D eigenvalue weighted by atomic mass is 9.80. The van der Waals surface area contributed by atoms with E-state index >= 15 is 0 Å². The van der Waals surface area contributed by atoms with Gasteiger partial charge in [-0.15, -0.1) is 0 Å². The van der Waals surface area contributed by atoms with Crippen molar-refractivity contribution in [3.63, 3.8) is 0 Å². The topological polar surface area (TPSA) is 65.5 Å². The number of carbonyl (C=O) groups is 2. The van der Waals surface area contributed by atoms with Crippen molar-refractivity contribution >= 4 is 11.9 Å². The molecular formula is C17H24N4O2. The Morgan fingerprint density at radius 1 is 1.39 bits per heavy atom. The second-order valence-corrected chi connectivity index (χ2v) is 6.71. The lowest BCUT2D eigenvalue weighted by Crippen LogP contribution is -2.55. The van der Waals surface area contributed by atoms with Gasteiger partial charge in [-0.2, -0.15) is 0 Å². The first-order chi connectivity index (χ1) is 11.0. The van der Waals surface area contributed by atoms with Crippen molar-refractivity contribution in [2.45, 2.75) is 31.7 Å². The number of likely N-dealkylation sites (N-methyl/N-ethyl adjacent to an activating group) is 1. The van der Waals surface area contributed by atoms with Crippen molar-refractivity contribution in [1.82, 2.24) is 20.1 Å². The Balaban J connectivity index is 1.62. The van der Waals surface area contributed by atoms with Crippen LogP contribution >= 0.6 is 0 Å². The molecule has 2 atom stereocenters. The molecule has 23 heavy (non-hydrogen) atoms. The van der Waals surface area contributed by atoms with Gasteiger partial charge >= 0.3 is 6.03 Å². The molecule has 124 valence electrons. The van der Waals surface area contributed by atoms with Crippen LogP contribution in [-0.2, 0) is 11.2 Å². The van der Waals surface area contributed by atoms with Gasteiger partial charge in [-0.3, -0.25) is 14.7 Å². The molecule has 0 unspecified atom stereocenters. The SMILES string of the molecule is CN1C(=O)N[C@](C)([C@H]2CCCN(CCc3ccccn3)C2)C1=O. The van der Waals surface area contributed by atoms with Gasteiger partial charge in [0.1, 0.15) is 5.54 Å². The number of hydrogen-bond donors (Lipinski definition) is 1. The Bertz CT molecular complexity index is 592. The van der Waals surface area contributed by atoms with Gasteiger partial charge in [0.15, 0.2) is 0 Å². The number of rotatable bonds is 4. The maximum atomic E-state index is 12.4. The number of imide groups is 1. The second kappa shape index (κ2) is 6.28. The summed E-state index contributed by atoms with van der Waals surface area (Å²) in [6, 6.07) is 5.68. The largest absolute Gasteiger partial charge is 0.324 e. The molecule has 1 aromatic rings. The number of hydrogen-bond acceptors (Lipinski definition) is 4. The number of aromatic nitrogens is 1. The van der Waals surface area contributed by atoms with Crippen molar-refractivity contribution in [1.29, 1.82) is 0 Å². The van der Waals surface area contributed by atoms with Crippen LogP contribution in [0, 0.1) is 5.92 Å². The minimum Gasteiger partial charge on any atom is -0.323 e. The first-order valence-electron chi connectivity index (χ1n) is 8.23. The number of nitrogens with zero attached hydrogens (tertiary/aromatic N) is 3. The normalized spacial score (nSPS) is 29.0. The lowest BCUT2D eigenvalue weighted by Gasteiger charge is -2.39. The summed E-state index contributed by atoms with van der Waals surface area (Å²) in [7, 11) is 1.55. The first kappa shape index (κ1) is 15.9. The van der Waals surface area contributed by atoms with E-state index in [1.807, 2.05) is 31.3 Å². The van der Waals surface area contributed by atoms with E-state index in [0.29, 0.717) is 0 Å². The van der Waals surface area contributed by atoms with E-state index in [1.54, 1.807) is 7.05 Å². The molecule has 0 radical (unpaired) electrons. The van der Waals surface area contributed by atoms with Crippen molar-refractivity contribution in [2.24, 2.45) is 5.92 Å². The van der Waals surface area contributed by atoms with Gasteiger partial charge in [-0.25, -0.2) is 4.79 Å². The second-order valence-electron chi connectivity index (χ2n) is 6.71. The van der Waals surface area contributed by atoms with Gasteiger partial charge in [0, 0.05) is 44.4 Å². The third-order valence-corrected chi connectivity index (χ3v) is 5.15. The van der Waals surface area contributed by atoms with E-state index in [4.69, 9.17) is 0 Å². The molecule has 0 spiro atoms. The standard InChI is InChI=1S/C17H24N4O2/c1-17(15(22)20(2)16(23)19-17)13-6-5-10-21(12-13)11-8-14-7-3-4-9-18-14/h3-4,7,9,13H,5-6,8,10-12H2,1-2H3,(H,19,23)/t13-,17+/m0/s1. The average Bonchev–Trinajstić information content (AvgIpc) is 2.78. The Hall–Kier alpha value is -1.95. The summed E-state index contributed by atoms with van der Waals surface area (Å²) in [4.78, 5) is 32.2. The van der Waals surface area contributed by atoms with E-state index in [2.05, 4.69) is 15.2 Å². The van der Waals surface area contributed by atoms with Crippen LogP contribution in [0.2, 0.25) is 0 Å². The monoisotopic (exact) mass is 316 g/mol. The molecule has 2 aliphatic heterocycles. The zero-order chi connectivity index (χ0) is 16.4. The molecule has 0 aliphatic carbocycles. The van der Waals surface area contributed by atoms with Gasteiger partial charge in [0.25, 0.3) is 5.91 Å². The first-order valence-corrected chi connectivity index (χ1v) is 8.23. The maximum absolute atomic E-state index is 12.4. The Morgan fingerprint density at radius 2 is 2.22 bits per heavy atom. The number of amides is 3. The van der Waals surface area contributed by atoms with E-state index < -0.39 is 5.54 Å². The van der Waals surface area contributed by atoms with E-state index in [0.717, 1.165) is 44.6 Å². The van der Waals surface area contributed by atoms with Crippen LogP contribution in [0.25, 0.3) is 0 Å². The maximum Gasteiger partial charge on any atom is 0.324 e. The average molecular weight is 316 g/mol. The van der Waals surface area contributed by atoms with Gasteiger partial charge in [0.2, 0.25) is 0 Å². The van der Waals surface area contributed by atoms with Crippen molar-refractivity contribution in [2.75, 3.05) is 26.7 Å². The molecule has 6 nitrogen and oxygen atoms in total. The predicted octanol–water partition coefficient (Wildman–Crippen LogP) is 1.28. The van der Waals surface area contributed by atoms with Crippen molar-refractivity contribution in [3.05, 3.63) is 30.1 Å².